The molecule has 2 N–H and O–H groups in total. The van der Waals surface area contributed by atoms with Gasteiger partial charge in [-0.3, -0.25) is 0 Å². The van der Waals surface area contributed by atoms with E-state index in [1.165, 1.54) is 0 Å². The van der Waals surface area contributed by atoms with Crippen LogP contribution in [0.4, 0.5) is 5.69 Å². The molecule has 0 saturated heterocycles. The first-order valence-corrected chi connectivity index (χ1v) is 6.16. The van der Waals surface area contributed by atoms with Gasteiger partial charge in [0.05, 0.1) is 11.6 Å². The van der Waals surface area contributed by atoms with Gasteiger partial charge in [0, 0.05) is 7.14 Å². The zero-order valence-corrected chi connectivity index (χ0v) is 11.7. The van der Waals surface area contributed by atoms with Crippen LogP contribution < -0.4 is 5.73 Å². The Balaban J connectivity index is 3.02. The second kappa shape index (κ2) is 5.35. The number of nitrogens with zero attached hydrogens (tertiary/aromatic N) is 1. The molecule has 2 nitrogen and oxygen atoms in total. The molecule has 1 aromatic rings. The maximum atomic E-state index is 5.52. The minimum absolute atomic E-state index is 0.266. The van der Waals surface area contributed by atoms with Crippen LogP contribution in [-0.4, -0.2) is 11.7 Å². The van der Waals surface area contributed by atoms with Crippen molar-refractivity contribution in [2.24, 2.45) is 10.7 Å². The number of benzene rings is 1. The molecular weight excluding hydrogens is 413 g/mol. The molecule has 13 heavy (non-hydrogen) atoms. The monoisotopic (exact) mass is 420 g/mol. The quantitative estimate of drug-likeness (QED) is 0.340. The summed E-state index contributed by atoms with van der Waals surface area (Å²) in [7, 11) is 0. The third-order valence-corrected chi connectivity index (χ3v) is 2.78. The third-order valence-electron chi connectivity index (χ3n) is 1.26. The molecule has 0 heterocycles. The lowest BCUT2D eigenvalue weighted by Crippen LogP contribution is -2.12. The molecule has 0 atom stereocenters. The van der Waals surface area contributed by atoms with Crippen molar-refractivity contribution in [3.8, 4) is 0 Å². The van der Waals surface area contributed by atoms with Gasteiger partial charge in [0.2, 0.25) is 0 Å². The van der Waals surface area contributed by atoms with E-state index >= 15 is 0 Å². The van der Waals surface area contributed by atoms with E-state index in [2.05, 4.69) is 56.2 Å². The topological polar surface area (TPSA) is 38.4 Å². The van der Waals surface area contributed by atoms with Crippen molar-refractivity contribution in [3.05, 3.63) is 25.3 Å². The van der Waals surface area contributed by atoms with Crippen LogP contribution in [0.25, 0.3) is 0 Å². The van der Waals surface area contributed by atoms with E-state index in [4.69, 9.17) is 17.3 Å². The summed E-state index contributed by atoms with van der Waals surface area (Å²) in [5.41, 5.74) is 6.37. The van der Waals surface area contributed by atoms with Gasteiger partial charge in [-0.15, -0.1) is 11.6 Å². The van der Waals surface area contributed by atoms with Crippen molar-refractivity contribution >= 4 is 68.3 Å². The van der Waals surface area contributed by atoms with E-state index in [9.17, 15) is 0 Å². The van der Waals surface area contributed by atoms with E-state index < -0.39 is 0 Å². The van der Waals surface area contributed by atoms with E-state index in [0.29, 0.717) is 5.84 Å². The third kappa shape index (κ3) is 3.99. The van der Waals surface area contributed by atoms with Gasteiger partial charge in [-0.25, -0.2) is 4.99 Å². The lowest BCUT2D eigenvalue weighted by Gasteiger charge is -1.98. The molecule has 0 radical (unpaired) electrons. The summed E-state index contributed by atoms with van der Waals surface area (Å²) in [5.74, 6) is 0.710. The SMILES string of the molecule is NC(CCl)=Nc1cc(I)cc(I)c1. The normalized spacial score (nSPS) is 11.8. The average Bonchev–Trinajstić information content (AvgIpc) is 2.02. The molecule has 0 aliphatic carbocycles. The van der Waals surface area contributed by atoms with Gasteiger partial charge < -0.3 is 5.73 Å². The predicted octanol–water partition coefficient (Wildman–Crippen LogP) is 3.12. The largest absolute Gasteiger partial charge is 0.386 e. The van der Waals surface area contributed by atoms with Crippen LogP contribution in [0.3, 0.4) is 0 Å². The van der Waals surface area contributed by atoms with E-state index in [1.54, 1.807) is 0 Å². The number of alkyl halides is 1. The Labute approximate surface area is 109 Å². The molecule has 5 heteroatoms. The summed E-state index contributed by atoms with van der Waals surface area (Å²) < 4.78 is 2.29. The van der Waals surface area contributed by atoms with Crippen LogP contribution in [0.15, 0.2) is 23.2 Å². The van der Waals surface area contributed by atoms with Crippen molar-refractivity contribution in [1.29, 1.82) is 0 Å². The molecule has 0 saturated carbocycles. The Hall–Kier alpha value is 0.440. The molecule has 0 spiro atoms. The summed E-state index contributed by atoms with van der Waals surface area (Å²) in [6.45, 7) is 0. The fourth-order valence-electron chi connectivity index (χ4n) is 0.800. The molecule has 1 rings (SSSR count). The van der Waals surface area contributed by atoms with E-state index in [1.807, 2.05) is 12.1 Å². The number of halogens is 3. The molecule has 0 bridgehead atoms. The van der Waals surface area contributed by atoms with Crippen LogP contribution in [0.2, 0.25) is 0 Å². The number of aliphatic imine (C=N–C) groups is 1. The zero-order valence-electron chi connectivity index (χ0n) is 6.60. The van der Waals surface area contributed by atoms with Gasteiger partial charge >= 0.3 is 0 Å². The Kier molecular flexibility index (Phi) is 4.74. The molecular formula is C8H7ClI2N2. The van der Waals surface area contributed by atoms with Crippen molar-refractivity contribution in [1.82, 2.24) is 0 Å². The lowest BCUT2D eigenvalue weighted by atomic mass is 10.3. The summed E-state index contributed by atoms with van der Waals surface area (Å²) in [4.78, 5) is 4.15. The van der Waals surface area contributed by atoms with Crippen molar-refractivity contribution in [2.45, 2.75) is 0 Å². The minimum Gasteiger partial charge on any atom is -0.386 e. The Bertz CT molecular complexity index is 319. The zero-order chi connectivity index (χ0) is 9.84. The van der Waals surface area contributed by atoms with Gasteiger partial charge in [-0.05, 0) is 63.4 Å². The number of amidine groups is 1. The summed E-state index contributed by atoms with van der Waals surface area (Å²) in [6, 6.07) is 5.99. The van der Waals surface area contributed by atoms with Crippen LogP contribution in [0, 0.1) is 7.14 Å². The Morgan fingerprint density at radius 1 is 1.31 bits per heavy atom. The van der Waals surface area contributed by atoms with Gasteiger partial charge in [-0.2, -0.15) is 0 Å². The first kappa shape index (κ1) is 11.5. The van der Waals surface area contributed by atoms with Gasteiger partial charge in [0.25, 0.3) is 0 Å². The molecule has 0 fully saturated rings. The number of nitrogens with two attached hydrogens (primary N) is 1. The fraction of sp³-hybridized carbons (Fsp3) is 0.125. The van der Waals surface area contributed by atoms with E-state index in [-0.39, 0.29) is 5.88 Å². The summed E-state index contributed by atoms with van der Waals surface area (Å²) in [5, 5.41) is 0. The first-order valence-electron chi connectivity index (χ1n) is 3.47. The first-order chi connectivity index (χ1) is 6.11. The van der Waals surface area contributed by atoms with Crippen LogP contribution in [0.5, 0.6) is 0 Å². The second-order valence-electron chi connectivity index (χ2n) is 2.36. The molecule has 0 unspecified atom stereocenters. The molecule has 0 amide bonds. The van der Waals surface area contributed by atoms with Crippen molar-refractivity contribution in [3.63, 3.8) is 0 Å². The molecule has 0 aliphatic rings. The highest BCUT2D eigenvalue weighted by molar-refractivity contribution is 14.1. The highest BCUT2D eigenvalue weighted by Crippen LogP contribution is 2.20. The highest BCUT2D eigenvalue weighted by atomic mass is 127. The van der Waals surface area contributed by atoms with Gasteiger partial charge in [0.15, 0.2) is 0 Å². The molecule has 0 aromatic heterocycles. The highest BCUT2D eigenvalue weighted by Gasteiger charge is 1.96. The number of hydrogen-bond acceptors (Lipinski definition) is 1. The predicted molar refractivity (Wildman–Crippen MR) is 73.9 cm³/mol. The Morgan fingerprint density at radius 3 is 2.31 bits per heavy atom. The van der Waals surface area contributed by atoms with Gasteiger partial charge in [-0.1, -0.05) is 0 Å². The minimum atomic E-state index is 0.266. The summed E-state index contributed by atoms with van der Waals surface area (Å²) in [6.07, 6.45) is 0. The molecule has 1 aromatic carbocycles. The van der Waals surface area contributed by atoms with Crippen LogP contribution >= 0.6 is 56.8 Å². The number of rotatable bonds is 2. The van der Waals surface area contributed by atoms with Crippen molar-refractivity contribution < 1.29 is 0 Å². The maximum absolute atomic E-state index is 5.52. The van der Waals surface area contributed by atoms with Gasteiger partial charge in [0.1, 0.15) is 5.84 Å². The second-order valence-corrected chi connectivity index (χ2v) is 5.12. The molecule has 70 valence electrons. The summed E-state index contributed by atoms with van der Waals surface area (Å²) >= 11 is 10.0. The van der Waals surface area contributed by atoms with Crippen LogP contribution in [-0.2, 0) is 0 Å². The lowest BCUT2D eigenvalue weighted by molar-refractivity contribution is 1.43. The number of hydrogen-bond donors (Lipinski definition) is 1. The van der Waals surface area contributed by atoms with Crippen molar-refractivity contribution in [2.75, 3.05) is 5.88 Å². The smallest absolute Gasteiger partial charge is 0.115 e. The fourth-order valence-corrected chi connectivity index (χ4v) is 2.76. The maximum Gasteiger partial charge on any atom is 0.115 e. The molecule has 0 aliphatic heterocycles. The Morgan fingerprint density at radius 2 is 1.85 bits per heavy atom. The standard InChI is InChI=1S/C8H7ClI2N2/c9-4-8(12)13-7-2-5(10)1-6(11)3-7/h1-3H,4H2,(H2,12,13). The van der Waals surface area contributed by atoms with E-state index in [0.717, 1.165) is 12.8 Å². The average molecular weight is 420 g/mol. The van der Waals surface area contributed by atoms with Crippen LogP contribution in [0.1, 0.15) is 0 Å².